The molecule has 174 valence electrons. The molecule has 2 amide bonds. The van der Waals surface area contributed by atoms with Crippen LogP contribution in [0.1, 0.15) is 40.0 Å². The van der Waals surface area contributed by atoms with Crippen LogP contribution < -0.4 is 4.74 Å². The Bertz CT molecular complexity index is 877. The van der Waals surface area contributed by atoms with Crippen LogP contribution in [0, 0.1) is 5.92 Å². The van der Waals surface area contributed by atoms with E-state index in [1.807, 2.05) is 43.9 Å². The molecule has 2 aromatic heterocycles. The van der Waals surface area contributed by atoms with Crippen LogP contribution in [0.4, 0.5) is 4.79 Å². The first kappa shape index (κ1) is 23.6. The molecule has 0 aromatic carbocycles. The number of pyridine rings is 1. The van der Waals surface area contributed by atoms with E-state index in [4.69, 9.17) is 9.47 Å². The highest BCUT2D eigenvalue weighted by molar-refractivity contribution is 5.77. The Morgan fingerprint density at radius 1 is 1.28 bits per heavy atom. The number of hydrogen-bond donors (Lipinski definition) is 1. The highest BCUT2D eigenvalue weighted by Gasteiger charge is 2.26. The Kier molecular flexibility index (Phi) is 7.71. The standard InChI is InChI=1S/C23H33N5O4/c1-23(2,3)27(4)22(30)31-13-10-21(29)28-12-5-6-17(15-28)16-32-18-7-8-19(24-14-18)20-9-11-25-26-20/h7-9,11,14,17H,5-6,10,12-13,15-16H2,1-4H3,(H,25,26)/t17-/m1/s1. The van der Waals surface area contributed by atoms with Crippen LogP contribution >= 0.6 is 0 Å². The molecule has 1 atom stereocenters. The third-order valence-electron chi connectivity index (χ3n) is 5.69. The molecule has 3 heterocycles. The minimum absolute atomic E-state index is 0.00601. The summed E-state index contributed by atoms with van der Waals surface area (Å²) in [5.41, 5.74) is 1.34. The number of H-pyrrole nitrogens is 1. The number of nitrogens with one attached hydrogen (secondary N) is 1. The lowest BCUT2D eigenvalue weighted by atomic mass is 9.98. The van der Waals surface area contributed by atoms with Gasteiger partial charge in [0.25, 0.3) is 0 Å². The van der Waals surface area contributed by atoms with Gasteiger partial charge in [-0.05, 0) is 51.8 Å². The average Bonchev–Trinajstić information content (AvgIpc) is 3.32. The van der Waals surface area contributed by atoms with Crippen LogP contribution in [0.2, 0.25) is 0 Å². The fourth-order valence-electron chi connectivity index (χ4n) is 3.42. The Morgan fingerprint density at radius 3 is 2.75 bits per heavy atom. The maximum atomic E-state index is 12.6. The molecule has 0 unspecified atom stereocenters. The molecule has 0 bridgehead atoms. The number of likely N-dealkylation sites (tertiary alicyclic amines) is 1. The molecule has 0 saturated carbocycles. The molecule has 3 rings (SSSR count). The van der Waals surface area contributed by atoms with Crippen molar-refractivity contribution in [2.75, 3.05) is 33.4 Å². The van der Waals surface area contributed by atoms with Gasteiger partial charge in [-0.1, -0.05) is 0 Å². The predicted octanol–water partition coefficient (Wildman–Crippen LogP) is 3.35. The van der Waals surface area contributed by atoms with Gasteiger partial charge in [0, 0.05) is 37.8 Å². The normalized spacial score (nSPS) is 16.5. The number of aromatic amines is 1. The maximum absolute atomic E-state index is 12.6. The number of rotatable bonds is 7. The van der Waals surface area contributed by atoms with E-state index in [0.29, 0.717) is 18.9 Å². The number of nitrogens with zero attached hydrogens (tertiary/aromatic N) is 4. The van der Waals surface area contributed by atoms with E-state index in [-0.39, 0.29) is 30.4 Å². The SMILES string of the molecule is CN(C(=O)OCCC(=O)N1CCC[C@@H](COc2ccc(-c3ccn[nH]3)nc2)C1)C(C)(C)C. The second-order valence-corrected chi connectivity index (χ2v) is 9.10. The second kappa shape index (κ2) is 10.5. The molecule has 0 aliphatic carbocycles. The zero-order chi connectivity index (χ0) is 23.1. The third kappa shape index (κ3) is 6.45. The van der Waals surface area contributed by atoms with Crippen molar-refractivity contribution < 1.29 is 19.1 Å². The van der Waals surface area contributed by atoms with Gasteiger partial charge in [0.1, 0.15) is 12.4 Å². The lowest BCUT2D eigenvalue weighted by molar-refractivity contribution is -0.134. The van der Waals surface area contributed by atoms with Gasteiger partial charge in [0.15, 0.2) is 0 Å². The summed E-state index contributed by atoms with van der Waals surface area (Å²) in [4.78, 5) is 32.4. The number of carbonyl (C=O) groups is 2. The van der Waals surface area contributed by atoms with Crippen molar-refractivity contribution in [1.82, 2.24) is 25.0 Å². The summed E-state index contributed by atoms with van der Waals surface area (Å²) in [7, 11) is 1.69. The first-order valence-corrected chi connectivity index (χ1v) is 11.0. The largest absolute Gasteiger partial charge is 0.492 e. The summed E-state index contributed by atoms with van der Waals surface area (Å²) in [6.07, 6.45) is 5.10. The van der Waals surface area contributed by atoms with Gasteiger partial charge in [-0.2, -0.15) is 5.10 Å². The van der Waals surface area contributed by atoms with Crippen molar-refractivity contribution in [1.29, 1.82) is 0 Å². The molecule has 1 N–H and O–H groups in total. The van der Waals surface area contributed by atoms with Crippen LogP contribution in [-0.4, -0.2) is 75.9 Å². The van der Waals surface area contributed by atoms with Crippen LogP contribution in [0.25, 0.3) is 11.4 Å². The van der Waals surface area contributed by atoms with E-state index in [1.54, 1.807) is 19.4 Å². The number of amides is 2. The number of ether oxygens (including phenoxy) is 2. The molecule has 1 fully saturated rings. The molecule has 9 nitrogen and oxygen atoms in total. The second-order valence-electron chi connectivity index (χ2n) is 9.10. The highest BCUT2D eigenvalue weighted by atomic mass is 16.6. The third-order valence-corrected chi connectivity index (χ3v) is 5.69. The Labute approximate surface area is 189 Å². The van der Waals surface area contributed by atoms with Gasteiger partial charge in [0.05, 0.1) is 30.6 Å². The van der Waals surface area contributed by atoms with Crippen LogP contribution in [-0.2, 0) is 9.53 Å². The lowest BCUT2D eigenvalue weighted by Crippen LogP contribution is -2.44. The van der Waals surface area contributed by atoms with Crippen molar-refractivity contribution in [3.8, 4) is 17.1 Å². The quantitative estimate of drug-likeness (QED) is 0.704. The molecular formula is C23H33N5O4. The molecule has 1 aliphatic heterocycles. The lowest BCUT2D eigenvalue weighted by Gasteiger charge is -2.33. The van der Waals surface area contributed by atoms with Crippen molar-refractivity contribution in [3.63, 3.8) is 0 Å². The van der Waals surface area contributed by atoms with E-state index < -0.39 is 6.09 Å². The zero-order valence-electron chi connectivity index (χ0n) is 19.3. The first-order chi connectivity index (χ1) is 15.2. The summed E-state index contributed by atoms with van der Waals surface area (Å²) in [6.45, 7) is 7.78. The summed E-state index contributed by atoms with van der Waals surface area (Å²) < 4.78 is 11.2. The van der Waals surface area contributed by atoms with Gasteiger partial charge < -0.3 is 19.3 Å². The van der Waals surface area contributed by atoms with E-state index >= 15 is 0 Å². The molecule has 32 heavy (non-hydrogen) atoms. The van der Waals surface area contributed by atoms with Crippen LogP contribution in [0.5, 0.6) is 5.75 Å². The van der Waals surface area contributed by atoms with E-state index in [9.17, 15) is 9.59 Å². The summed E-state index contributed by atoms with van der Waals surface area (Å²) >= 11 is 0. The number of carbonyl (C=O) groups excluding carboxylic acids is 2. The average molecular weight is 444 g/mol. The Morgan fingerprint density at radius 2 is 2.09 bits per heavy atom. The van der Waals surface area contributed by atoms with Gasteiger partial charge in [-0.3, -0.25) is 14.9 Å². The number of aromatic nitrogens is 3. The maximum Gasteiger partial charge on any atom is 0.409 e. The van der Waals surface area contributed by atoms with Gasteiger partial charge in [-0.15, -0.1) is 0 Å². The fourth-order valence-corrected chi connectivity index (χ4v) is 3.42. The molecule has 0 spiro atoms. The molecular weight excluding hydrogens is 410 g/mol. The Balaban J connectivity index is 1.41. The van der Waals surface area contributed by atoms with E-state index in [2.05, 4.69) is 15.2 Å². The molecule has 0 radical (unpaired) electrons. The minimum atomic E-state index is -0.414. The summed E-state index contributed by atoms with van der Waals surface area (Å²) in [5.74, 6) is 0.965. The van der Waals surface area contributed by atoms with Crippen molar-refractivity contribution in [2.24, 2.45) is 5.92 Å². The molecule has 2 aromatic rings. The van der Waals surface area contributed by atoms with Crippen LogP contribution in [0.15, 0.2) is 30.6 Å². The van der Waals surface area contributed by atoms with E-state index in [0.717, 1.165) is 30.8 Å². The van der Waals surface area contributed by atoms with Crippen molar-refractivity contribution in [2.45, 2.75) is 45.6 Å². The molecule has 1 saturated heterocycles. The Hall–Kier alpha value is -3.10. The fraction of sp³-hybridized carbons (Fsp3) is 0.565. The summed E-state index contributed by atoms with van der Waals surface area (Å²) in [6, 6.07) is 5.64. The molecule has 9 heteroatoms. The monoisotopic (exact) mass is 443 g/mol. The zero-order valence-corrected chi connectivity index (χ0v) is 19.3. The van der Waals surface area contributed by atoms with Gasteiger partial charge >= 0.3 is 6.09 Å². The molecule has 1 aliphatic rings. The smallest absolute Gasteiger partial charge is 0.409 e. The van der Waals surface area contributed by atoms with Crippen molar-refractivity contribution >= 4 is 12.0 Å². The van der Waals surface area contributed by atoms with Crippen LogP contribution in [0.3, 0.4) is 0 Å². The highest BCUT2D eigenvalue weighted by Crippen LogP contribution is 2.21. The number of piperidine rings is 1. The predicted molar refractivity (Wildman–Crippen MR) is 120 cm³/mol. The van der Waals surface area contributed by atoms with E-state index in [1.165, 1.54) is 4.90 Å². The summed E-state index contributed by atoms with van der Waals surface area (Å²) in [5, 5.41) is 6.81. The van der Waals surface area contributed by atoms with Gasteiger partial charge in [0.2, 0.25) is 5.91 Å². The topological polar surface area (TPSA) is 101 Å². The number of hydrogen-bond acceptors (Lipinski definition) is 6. The van der Waals surface area contributed by atoms with Crippen molar-refractivity contribution in [3.05, 3.63) is 30.6 Å². The minimum Gasteiger partial charge on any atom is -0.492 e. The first-order valence-electron chi connectivity index (χ1n) is 11.0. The van der Waals surface area contributed by atoms with Gasteiger partial charge in [-0.25, -0.2) is 4.79 Å².